The molecule has 4 heterocycles. The van der Waals surface area contributed by atoms with Crippen molar-refractivity contribution in [2.45, 2.75) is 6.42 Å². The highest BCUT2D eigenvalue weighted by molar-refractivity contribution is 5.94. The quantitative estimate of drug-likeness (QED) is 0.815. The van der Waals surface area contributed by atoms with Crippen LogP contribution in [0.3, 0.4) is 0 Å². The molecule has 134 valence electrons. The minimum absolute atomic E-state index is 0.00219. The zero-order valence-corrected chi connectivity index (χ0v) is 14.1. The van der Waals surface area contributed by atoms with E-state index in [2.05, 4.69) is 10.3 Å². The van der Waals surface area contributed by atoms with Crippen LogP contribution in [0.15, 0.2) is 12.3 Å². The average Bonchev–Trinajstić information content (AvgIpc) is 3.07. The number of aromatic nitrogens is 1. The predicted octanol–water partition coefficient (Wildman–Crippen LogP) is 0.0775. The first-order chi connectivity index (χ1) is 12.1. The Balaban J connectivity index is 1.58. The van der Waals surface area contributed by atoms with Crippen LogP contribution >= 0.6 is 0 Å². The van der Waals surface area contributed by atoms with E-state index in [-0.39, 0.29) is 17.7 Å². The Morgan fingerprint density at radius 1 is 1.28 bits per heavy atom. The molecule has 8 nitrogen and oxygen atoms in total. The highest BCUT2D eigenvalue weighted by Crippen LogP contribution is 2.43. The second kappa shape index (κ2) is 6.18. The molecule has 4 rings (SSSR count). The summed E-state index contributed by atoms with van der Waals surface area (Å²) in [5.41, 5.74) is -0.271. The first-order valence-corrected chi connectivity index (χ1v) is 8.49. The van der Waals surface area contributed by atoms with Crippen molar-refractivity contribution in [2.75, 3.05) is 46.6 Å². The molecule has 0 aromatic carbocycles. The lowest BCUT2D eigenvalue weighted by Gasteiger charge is -2.36. The van der Waals surface area contributed by atoms with E-state index < -0.39 is 5.41 Å². The van der Waals surface area contributed by atoms with Crippen molar-refractivity contribution in [3.8, 4) is 11.5 Å². The van der Waals surface area contributed by atoms with E-state index in [4.69, 9.17) is 14.2 Å². The van der Waals surface area contributed by atoms with Gasteiger partial charge in [0.1, 0.15) is 18.9 Å². The maximum Gasteiger partial charge on any atom is 0.272 e. The van der Waals surface area contributed by atoms with Crippen molar-refractivity contribution in [1.29, 1.82) is 0 Å². The maximum atomic E-state index is 12.9. The number of rotatable bonds is 2. The first kappa shape index (κ1) is 16.1. The third kappa shape index (κ3) is 2.60. The Morgan fingerprint density at radius 3 is 2.88 bits per heavy atom. The first-order valence-electron chi connectivity index (χ1n) is 8.49. The number of carbonyl (C=O) groups is 2. The van der Waals surface area contributed by atoms with Gasteiger partial charge in [-0.3, -0.25) is 9.59 Å². The van der Waals surface area contributed by atoms with Crippen LogP contribution in [-0.4, -0.2) is 68.3 Å². The lowest BCUT2D eigenvalue weighted by Crippen LogP contribution is -2.49. The van der Waals surface area contributed by atoms with Gasteiger partial charge in [0.05, 0.1) is 18.2 Å². The second-order valence-corrected chi connectivity index (χ2v) is 6.66. The summed E-state index contributed by atoms with van der Waals surface area (Å²) >= 11 is 0. The van der Waals surface area contributed by atoms with Gasteiger partial charge in [0.2, 0.25) is 5.91 Å². The predicted molar refractivity (Wildman–Crippen MR) is 86.6 cm³/mol. The van der Waals surface area contributed by atoms with E-state index >= 15 is 0 Å². The molecule has 2 saturated heterocycles. The number of carbonyl (C=O) groups excluding carboxylic acids is 2. The fraction of sp³-hybridized carbons (Fsp3) is 0.588. The number of nitrogens with zero attached hydrogens (tertiary/aromatic N) is 2. The molecule has 2 fully saturated rings. The Morgan fingerprint density at radius 2 is 2.08 bits per heavy atom. The third-order valence-corrected chi connectivity index (χ3v) is 5.32. The van der Waals surface area contributed by atoms with Gasteiger partial charge in [-0.15, -0.1) is 0 Å². The molecular weight excluding hydrogens is 326 g/mol. The monoisotopic (exact) mass is 347 g/mol. The minimum atomic E-state index is -0.573. The molecule has 3 aliphatic rings. The van der Waals surface area contributed by atoms with Gasteiger partial charge in [-0.25, -0.2) is 4.98 Å². The summed E-state index contributed by atoms with van der Waals surface area (Å²) in [6.07, 6.45) is 2.14. The molecule has 2 amide bonds. The second-order valence-electron chi connectivity index (χ2n) is 6.66. The Kier molecular flexibility index (Phi) is 3.99. The van der Waals surface area contributed by atoms with E-state index in [1.54, 1.807) is 18.0 Å². The van der Waals surface area contributed by atoms with Gasteiger partial charge in [-0.05, 0) is 6.42 Å². The van der Waals surface area contributed by atoms with Crippen LogP contribution in [0.2, 0.25) is 0 Å². The highest BCUT2D eigenvalue weighted by Gasteiger charge is 2.54. The van der Waals surface area contributed by atoms with Crippen LogP contribution in [0.4, 0.5) is 0 Å². The molecule has 1 aromatic rings. The summed E-state index contributed by atoms with van der Waals surface area (Å²) in [6.45, 7) is 2.83. The number of ether oxygens (including phenoxy) is 3. The fourth-order valence-electron chi connectivity index (χ4n) is 3.95. The molecule has 2 atom stereocenters. The van der Waals surface area contributed by atoms with Crippen LogP contribution in [0.25, 0.3) is 0 Å². The standard InChI is InChI=1S/C17H21N3O5/c1-18-16(22)17-2-3-23-9-11(17)8-20(10-17)15(21)12-6-13-14(7-19-12)25-5-4-24-13/h6-7,11H,2-5,8-10H2,1H3,(H,18,22)/t11-,17+/m1/s1. The summed E-state index contributed by atoms with van der Waals surface area (Å²) in [4.78, 5) is 31.3. The molecule has 0 saturated carbocycles. The van der Waals surface area contributed by atoms with Gasteiger partial charge in [0.25, 0.3) is 5.91 Å². The number of pyridine rings is 1. The molecule has 0 spiro atoms. The molecular formula is C17H21N3O5. The molecule has 0 bridgehead atoms. The number of fused-ring (bicyclic) bond motifs is 2. The molecule has 1 aromatic heterocycles. The number of hydrogen-bond acceptors (Lipinski definition) is 6. The van der Waals surface area contributed by atoms with E-state index in [1.165, 1.54) is 6.20 Å². The summed E-state index contributed by atoms with van der Waals surface area (Å²) in [6, 6.07) is 1.61. The highest BCUT2D eigenvalue weighted by atomic mass is 16.6. The molecule has 8 heteroatoms. The summed E-state index contributed by atoms with van der Waals surface area (Å²) in [7, 11) is 1.64. The minimum Gasteiger partial charge on any atom is -0.486 e. The summed E-state index contributed by atoms with van der Waals surface area (Å²) < 4.78 is 16.5. The van der Waals surface area contributed by atoms with Crippen molar-refractivity contribution in [1.82, 2.24) is 15.2 Å². The van der Waals surface area contributed by atoms with Gasteiger partial charge in [-0.1, -0.05) is 0 Å². The molecule has 1 N–H and O–H groups in total. The van der Waals surface area contributed by atoms with E-state index in [1.807, 2.05) is 0 Å². The largest absolute Gasteiger partial charge is 0.486 e. The lowest BCUT2D eigenvalue weighted by atomic mass is 9.73. The van der Waals surface area contributed by atoms with E-state index in [9.17, 15) is 9.59 Å². The van der Waals surface area contributed by atoms with Crippen molar-refractivity contribution in [2.24, 2.45) is 11.3 Å². The Hall–Kier alpha value is -2.35. The van der Waals surface area contributed by atoms with Gasteiger partial charge in [0, 0.05) is 38.7 Å². The van der Waals surface area contributed by atoms with Gasteiger partial charge in [-0.2, -0.15) is 0 Å². The van der Waals surface area contributed by atoms with Crippen LogP contribution in [0.1, 0.15) is 16.9 Å². The zero-order chi connectivity index (χ0) is 17.4. The number of hydrogen-bond donors (Lipinski definition) is 1. The van der Waals surface area contributed by atoms with Crippen molar-refractivity contribution in [3.05, 3.63) is 18.0 Å². The van der Waals surface area contributed by atoms with Crippen molar-refractivity contribution in [3.63, 3.8) is 0 Å². The zero-order valence-electron chi connectivity index (χ0n) is 14.1. The molecule has 25 heavy (non-hydrogen) atoms. The van der Waals surface area contributed by atoms with Crippen LogP contribution in [-0.2, 0) is 9.53 Å². The van der Waals surface area contributed by atoms with Gasteiger partial charge in [0.15, 0.2) is 11.5 Å². The van der Waals surface area contributed by atoms with Crippen molar-refractivity contribution < 1.29 is 23.8 Å². The molecule has 0 aliphatic carbocycles. The number of amides is 2. The normalized spacial score (nSPS) is 27.6. The van der Waals surface area contributed by atoms with Crippen LogP contribution < -0.4 is 14.8 Å². The lowest BCUT2D eigenvalue weighted by molar-refractivity contribution is -0.138. The van der Waals surface area contributed by atoms with Gasteiger partial charge < -0.3 is 24.4 Å². The van der Waals surface area contributed by atoms with Crippen LogP contribution in [0.5, 0.6) is 11.5 Å². The molecule has 0 radical (unpaired) electrons. The maximum absolute atomic E-state index is 12.9. The number of nitrogens with one attached hydrogen (secondary N) is 1. The SMILES string of the molecule is CNC(=O)[C@]12CCOC[C@H]1CN(C(=O)c1cc3c(cn1)OCCO3)C2. The van der Waals surface area contributed by atoms with E-state index in [0.717, 1.165) is 0 Å². The topological polar surface area (TPSA) is 90.0 Å². The summed E-state index contributed by atoms with van der Waals surface area (Å²) in [5, 5.41) is 2.75. The Bertz CT molecular complexity index is 710. The average molecular weight is 347 g/mol. The van der Waals surface area contributed by atoms with Crippen LogP contribution in [0, 0.1) is 11.3 Å². The fourth-order valence-corrected chi connectivity index (χ4v) is 3.95. The third-order valence-electron chi connectivity index (χ3n) is 5.32. The number of likely N-dealkylation sites (tertiary alicyclic amines) is 1. The molecule has 3 aliphatic heterocycles. The van der Waals surface area contributed by atoms with E-state index in [0.29, 0.717) is 63.1 Å². The Labute approximate surface area is 145 Å². The van der Waals surface area contributed by atoms with Gasteiger partial charge >= 0.3 is 0 Å². The molecule has 0 unspecified atom stereocenters. The smallest absolute Gasteiger partial charge is 0.272 e. The van der Waals surface area contributed by atoms with Crippen molar-refractivity contribution >= 4 is 11.8 Å². The summed E-state index contributed by atoms with van der Waals surface area (Å²) in [5.74, 6) is 0.863.